The van der Waals surface area contributed by atoms with E-state index in [-0.39, 0.29) is 5.91 Å². The minimum Gasteiger partial charge on any atom is -0.358 e. The minimum atomic E-state index is -0.0143. The number of carbonyl (C=O) groups excluding carboxylic acids is 1. The Hall–Kier alpha value is -1.36. The topological polar surface area (TPSA) is 59.0 Å². The van der Waals surface area contributed by atoms with Crippen molar-refractivity contribution in [2.24, 2.45) is 0 Å². The lowest BCUT2D eigenvalue weighted by Gasteiger charge is -2.05. The Labute approximate surface area is 83.5 Å². The normalized spacial score (nSPS) is 10.1. The number of aryl methyl sites for hydroxylation is 1. The molecule has 0 fully saturated rings. The van der Waals surface area contributed by atoms with Crippen LogP contribution in [0.5, 0.6) is 0 Å². The monoisotopic (exact) mass is 196 g/mol. The Morgan fingerprint density at radius 2 is 2.43 bits per heavy atom. The molecule has 0 spiro atoms. The van der Waals surface area contributed by atoms with E-state index >= 15 is 0 Å². The average Bonchev–Trinajstić information content (AvgIpc) is 2.65. The molecule has 0 aliphatic rings. The van der Waals surface area contributed by atoms with Crippen LogP contribution in [0.25, 0.3) is 0 Å². The summed E-state index contributed by atoms with van der Waals surface area (Å²) in [5.41, 5.74) is 0. The van der Waals surface area contributed by atoms with Gasteiger partial charge in [-0.15, -0.1) is 0 Å². The van der Waals surface area contributed by atoms with Crippen LogP contribution in [0, 0.1) is 0 Å². The molecule has 5 nitrogen and oxygen atoms in total. The lowest BCUT2D eigenvalue weighted by molar-refractivity contribution is -0.119. The van der Waals surface area contributed by atoms with Crippen molar-refractivity contribution in [1.82, 2.24) is 20.2 Å². The SMILES string of the molecule is CCn1ccnc1CNCC(=O)NC. The first-order valence-electron chi connectivity index (χ1n) is 4.69. The number of carbonyl (C=O) groups is 1. The molecule has 0 bridgehead atoms. The van der Waals surface area contributed by atoms with Gasteiger partial charge in [-0.2, -0.15) is 0 Å². The predicted octanol–water partition coefficient (Wildman–Crippen LogP) is -0.261. The largest absolute Gasteiger partial charge is 0.358 e. The van der Waals surface area contributed by atoms with Gasteiger partial charge in [-0.25, -0.2) is 4.98 Å². The number of hydrogen-bond donors (Lipinski definition) is 2. The maximum atomic E-state index is 10.9. The third-order valence-electron chi connectivity index (χ3n) is 1.99. The smallest absolute Gasteiger partial charge is 0.233 e. The summed E-state index contributed by atoms with van der Waals surface area (Å²) in [6.07, 6.45) is 3.69. The molecule has 0 saturated heterocycles. The summed E-state index contributed by atoms with van der Waals surface area (Å²) in [6.45, 7) is 3.91. The average molecular weight is 196 g/mol. The lowest BCUT2D eigenvalue weighted by Crippen LogP contribution is -2.31. The first kappa shape index (κ1) is 10.7. The first-order valence-corrected chi connectivity index (χ1v) is 4.69. The van der Waals surface area contributed by atoms with E-state index in [1.165, 1.54) is 0 Å². The van der Waals surface area contributed by atoms with Crippen molar-refractivity contribution in [2.75, 3.05) is 13.6 Å². The highest BCUT2D eigenvalue weighted by atomic mass is 16.1. The van der Waals surface area contributed by atoms with Gasteiger partial charge in [0.15, 0.2) is 0 Å². The fraction of sp³-hybridized carbons (Fsp3) is 0.556. The predicted molar refractivity (Wildman–Crippen MR) is 53.7 cm³/mol. The molecule has 0 aliphatic heterocycles. The molecule has 1 aromatic heterocycles. The summed E-state index contributed by atoms with van der Waals surface area (Å²) in [5.74, 6) is 0.941. The highest BCUT2D eigenvalue weighted by Crippen LogP contribution is 1.95. The molecule has 0 radical (unpaired) electrons. The summed E-state index contributed by atoms with van der Waals surface area (Å²) in [6, 6.07) is 0. The Morgan fingerprint density at radius 1 is 1.64 bits per heavy atom. The molecule has 0 aromatic carbocycles. The maximum Gasteiger partial charge on any atom is 0.233 e. The number of nitrogens with zero attached hydrogens (tertiary/aromatic N) is 2. The van der Waals surface area contributed by atoms with E-state index in [1.807, 2.05) is 10.8 Å². The van der Waals surface area contributed by atoms with Gasteiger partial charge >= 0.3 is 0 Å². The molecule has 0 saturated carbocycles. The second-order valence-corrected chi connectivity index (χ2v) is 2.91. The second kappa shape index (κ2) is 5.39. The van der Waals surface area contributed by atoms with Gasteiger partial charge in [0.1, 0.15) is 5.82 Å². The molecule has 1 rings (SSSR count). The van der Waals surface area contributed by atoms with Gasteiger partial charge in [0.25, 0.3) is 0 Å². The Kier molecular flexibility index (Phi) is 4.12. The molecular weight excluding hydrogens is 180 g/mol. The van der Waals surface area contributed by atoms with E-state index in [0.717, 1.165) is 12.4 Å². The third-order valence-corrected chi connectivity index (χ3v) is 1.99. The van der Waals surface area contributed by atoms with Crippen LogP contribution in [-0.2, 0) is 17.9 Å². The second-order valence-electron chi connectivity index (χ2n) is 2.91. The fourth-order valence-corrected chi connectivity index (χ4v) is 1.17. The van der Waals surface area contributed by atoms with Crippen LogP contribution >= 0.6 is 0 Å². The third kappa shape index (κ3) is 2.85. The molecule has 78 valence electrons. The first-order chi connectivity index (χ1) is 6.77. The van der Waals surface area contributed by atoms with E-state index in [0.29, 0.717) is 13.1 Å². The van der Waals surface area contributed by atoms with Crippen LogP contribution < -0.4 is 10.6 Å². The molecule has 1 heterocycles. The molecule has 0 atom stereocenters. The van der Waals surface area contributed by atoms with Crippen LogP contribution in [0.4, 0.5) is 0 Å². The van der Waals surface area contributed by atoms with Crippen molar-refractivity contribution in [1.29, 1.82) is 0 Å². The Balaban J connectivity index is 2.34. The standard InChI is InChI=1S/C9H16N4O/c1-3-13-5-4-12-8(13)6-11-7-9(14)10-2/h4-5,11H,3,6-7H2,1-2H3,(H,10,14). The van der Waals surface area contributed by atoms with E-state index in [9.17, 15) is 4.79 Å². The number of likely N-dealkylation sites (N-methyl/N-ethyl adjacent to an activating group) is 1. The van der Waals surface area contributed by atoms with Crippen molar-refractivity contribution in [3.8, 4) is 0 Å². The van der Waals surface area contributed by atoms with Gasteiger partial charge in [0.05, 0.1) is 13.1 Å². The van der Waals surface area contributed by atoms with Crippen LogP contribution in [0.15, 0.2) is 12.4 Å². The number of rotatable bonds is 5. The number of imidazole rings is 1. The van der Waals surface area contributed by atoms with Crippen molar-refractivity contribution in [3.63, 3.8) is 0 Å². The van der Waals surface area contributed by atoms with Crippen molar-refractivity contribution < 1.29 is 4.79 Å². The van der Waals surface area contributed by atoms with Gasteiger partial charge in [0, 0.05) is 26.0 Å². The van der Waals surface area contributed by atoms with Crippen molar-refractivity contribution in [3.05, 3.63) is 18.2 Å². The minimum absolute atomic E-state index is 0.0143. The summed E-state index contributed by atoms with van der Waals surface area (Å²) >= 11 is 0. The fourth-order valence-electron chi connectivity index (χ4n) is 1.17. The van der Waals surface area contributed by atoms with Crippen molar-refractivity contribution >= 4 is 5.91 Å². The van der Waals surface area contributed by atoms with E-state index in [1.54, 1.807) is 13.2 Å². The quantitative estimate of drug-likeness (QED) is 0.682. The van der Waals surface area contributed by atoms with Gasteiger partial charge in [-0.05, 0) is 6.92 Å². The Morgan fingerprint density at radius 3 is 3.07 bits per heavy atom. The van der Waals surface area contributed by atoms with Crippen molar-refractivity contribution in [2.45, 2.75) is 20.0 Å². The summed E-state index contributed by atoms with van der Waals surface area (Å²) < 4.78 is 2.04. The molecule has 0 unspecified atom stereocenters. The molecule has 2 N–H and O–H groups in total. The molecule has 1 aromatic rings. The number of hydrogen-bond acceptors (Lipinski definition) is 3. The van der Waals surface area contributed by atoms with Gasteiger partial charge in [0.2, 0.25) is 5.91 Å². The molecule has 14 heavy (non-hydrogen) atoms. The van der Waals surface area contributed by atoms with E-state index in [4.69, 9.17) is 0 Å². The van der Waals surface area contributed by atoms with Crippen LogP contribution in [0.1, 0.15) is 12.7 Å². The molecule has 0 aliphatic carbocycles. The van der Waals surface area contributed by atoms with E-state index < -0.39 is 0 Å². The molecular formula is C9H16N4O. The van der Waals surface area contributed by atoms with Gasteiger partial charge < -0.3 is 15.2 Å². The van der Waals surface area contributed by atoms with Gasteiger partial charge in [-0.3, -0.25) is 4.79 Å². The summed E-state index contributed by atoms with van der Waals surface area (Å²) in [5, 5.41) is 5.56. The number of aromatic nitrogens is 2. The van der Waals surface area contributed by atoms with Crippen LogP contribution in [0.2, 0.25) is 0 Å². The highest BCUT2D eigenvalue weighted by Gasteiger charge is 2.01. The maximum absolute atomic E-state index is 10.9. The van der Waals surface area contributed by atoms with E-state index in [2.05, 4.69) is 22.5 Å². The highest BCUT2D eigenvalue weighted by molar-refractivity contribution is 5.77. The lowest BCUT2D eigenvalue weighted by atomic mass is 10.5. The van der Waals surface area contributed by atoms with Crippen LogP contribution in [0.3, 0.4) is 0 Å². The van der Waals surface area contributed by atoms with Crippen LogP contribution in [-0.4, -0.2) is 29.1 Å². The number of amides is 1. The summed E-state index contributed by atoms with van der Waals surface area (Å²) in [7, 11) is 1.62. The molecule has 1 amide bonds. The zero-order chi connectivity index (χ0) is 10.4. The zero-order valence-electron chi connectivity index (χ0n) is 8.58. The zero-order valence-corrected chi connectivity index (χ0v) is 8.58. The van der Waals surface area contributed by atoms with Gasteiger partial charge in [-0.1, -0.05) is 0 Å². The Bertz CT molecular complexity index is 295. The summed E-state index contributed by atoms with van der Waals surface area (Å²) in [4.78, 5) is 15.1. The number of nitrogens with one attached hydrogen (secondary N) is 2. The molecule has 5 heteroatoms.